The van der Waals surface area contributed by atoms with Gasteiger partial charge in [-0.3, -0.25) is 0 Å². The topological polar surface area (TPSA) is 54.4 Å². The minimum absolute atomic E-state index is 0.168. The van der Waals surface area contributed by atoms with Crippen LogP contribution in [0, 0.1) is 3.57 Å². The van der Waals surface area contributed by atoms with E-state index in [1.165, 1.54) is 0 Å². The molecule has 2 aromatic rings. The Morgan fingerprint density at radius 1 is 1.45 bits per heavy atom. The number of pyridine rings is 1. The molecule has 0 saturated heterocycles. The smallest absolute Gasteiger partial charge is 0.159 e. The van der Waals surface area contributed by atoms with Gasteiger partial charge in [0.1, 0.15) is 23.4 Å². The van der Waals surface area contributed by atoms with Crippen molar-refractivity contribution in [1.29, 1.82) is 0 Å². The number of aliphatic hydroxyl groups is 1. The van der Waals surface area contributed by atoms with Gasteiger partial charge in [-0.05, 0) is 47.8 Å². The van der Waals surface area contributed by atoms with Gasteiger partial charge < -0.3 is 15.2 Å². The molecule has 0 amide bonds. The Bertz CT molecular complexity index is 625. The maximum Gasteiger partial charge on any atom is 0.159 e. The fourth-order valence-electron chi connectivity index (χ4n) is 1.78. The number of nitrogens with one attached hydrogen (secondary N) is 1. The lowest BCUT2D eigenvalue weighted by Gasteiger charge is -2.15. The fourth-order valence-corrected chi connectivity index (χ4v) is 3.10. The Balaban J connectivity index is 2.38. The predicted molar refractivity (Wildman–Crippen MR) is 89.9 cm³/mol. The number of aliphatic hydroxyl groups excluding tert-OH is 1. The monoisotopic (exact) mass is 426 g/mol. The molecule has 108 valence electrons. The van der Waals surface area contributed by atoms with Crippen LogP contribution in [0.5, 0.6) is 5.75 Å². The first-order valence-corrected chi connectivity index (χ1v) is 7.76. The molecule has 2 rings (SSSR count). The van der Waals surface area contributed by atoms with E-state index in [4.69, 9.17) is 27.9 Å². The van der Waals surface area contributed by atoms with Gasteiger partial charge in [-0.1, -0.05) is 23.2 Å². The first-order chi connectivity index (χ1) is 9.52. The van der Waals surface area contributed by atoms with Crippen LogP contribution in [0.4, 0.5) is 0 Å². The van der Waals surface area contributed by atoms with Gasteiger partial charge in [0.2, 0.25) is 0 Å². The molecule has 0 radical (unpaired) electrons. The van der Waals surface area contributed by atoms with Crippen molar-refractivity contribution in [2.24, 2.45) is 0 Å². The number of benzene rings is 1. The highest BCUT2D eigenvalue weighted by molar-refractivity contribution is 14.1. The van der Waals surface area contributed by atoms with Crippen LogP contribution in [0.15, 0.2) is 18.2 Å². The first-order valence-electron chi connectivity index (χ1n) is 5.92. The van der Waals surface area contributed by atoms with Crippen LogP contribution in [-0.2, 0) is 0 Å². The summed E-state index contributed by atoms with van der Waals surface area (Å²) in [5, 5.41) is 14.3. The number of ether oxygens (including phenoxy) is 1. The third kappa shape index (κ3) is 3.65. The van der Waals surface area contributed by atoms with Crippen LogP contribution in [0.3, 0.4) is 0 Å². The quantitative estimate of drug-likeness (QED) is 0.569. The SMILES string of the molecule is CNCC(O)COc1c(I)cc(Cl)c2ccc(Cl)nc12. The second kappa shape index (κ2) is 7.09. The van der Waals surface area contributed by atoms with Gasteiger partial charge in [0, 0.05) is 11.9 Å². The van der Waals surface area contributed by atoms with Crippen LogP contribution >= 0.6 is 45.8 Å². The third-order valence-electron chi connectivity index (χ3n) is 2.66. The van der Waals surface area contributed by atoms with E-state index >= 15 is 0 Å². The van der Waals surface area contributed by atoms with E-state index in [1.807, 2.05) is 0 Å². The van der Waals surface area contributed by atoms with Crippen LogP contribution in [0.1, 0.15) is 0 Å². The molecular weight excluding hydrogens is 414 g/mol. The average Bonchev–Trinajstić information content (AvgIpc) is 2.38. The molecule has 0 bridgehead atoms. The molecule has 0 aliphatic carbocycles. The predicted octanol–water partition coefficient (Wildman–Crippen LogP) is 3.11. The molecule has 0 spiro atoms. The number of halogens is 3. The minimum atomic E-state index is -0.597. The summed E-state index contributed by atoms with van der Waals surface area (Å²) in [6.45, 7) is 0.623. The van der Waals surface area contributed by atoms with Crippen LogP contribution in [-0.4, -0.2) is 36.4 Å². The molecule has 0 fully saturated rings. The summed E-state index contributed by atoms with van der Waals surface area (Å²) in [6.07, 6.45) is -0.597. The zero-order chi connectivity index (χ0) is 14.7. The molecule has 1 aromatic heterocycles. The number of hydrogen-bond donors (Lipinski definition) is 2. The summed E-state index contributed by atoms with van der Waals surface area (Å²) in [7, 11) is 1.77. The molecule has 2 N–H and O–H groups in total. The molecule has 20 heavy (non-hydrogen) atoms. The molecule has 1 aromatic carbocycles. The average molecular weight is 427 g/mol. The van der Waals surface area contributed by atoms with E-state index in [0.717, 1.165) is 8.96 Å². The molecule has 1 heterocycles. The molecule has 0 saturated carbocycles. The van der Waals surface area contributed by atoms with Crippen LogP contribution in [0.25, 0.3) is 10.9 Å². The van der Waals surface area contributed by atoms with Crippen molar-refractivity contribution in [2.75, 3.05) is 20.2 Å². The largest absolute Gasteiger partial charge is 0.487 e. The van der Waals surface area contributed by atoms with Crippen molar-refractivity contribution in [1.82, 2.24) is 10.3 Å². The third-order valence-corrected chi connectivity index (χ3v) is 3.99. The maximum absolute atomic E-state index is 9.72. The Hall–Kier alpha value is -0.340. The zero-order valence-corrected chi connectivity index (χ0v) is 14.3. The van der Waals surface area contributed by atoms with Crippen LogP contribution < -0.4 is 10.1 Å². The second-order valence-electron chi connectivity index (χ2n) is 4.22. The fraction of sp³-hybridized carbons (Fsp3) is 0.308. The molecule has 4 nitrogen and oxygen atoms in total. The molecular formula is C13H13Cl2IN2O2. The van der Waals surface area contributed by atoms with Crippen molar-refractivity contribution in [2.45, 2.75) is 6.10 Å². The van der Waals surface area contributed by atoms with E-state index in [-0.39, 0.29) is 6.61 Å². The van der Waals surface area contributed by atoms with Gasteiger partial charge in [-0.25, -0.2) is 4.98 Å². The Kier molecular flexibility index (Phi) is 5.68. The maximum atomic E-state index is 9.72. The van der Waals surface area contributed by atoms with Crippen molar-refractivity contribution < 1.29 is 9.84 Å². The lowest BCUT2D eigenvalue weighted by molar-refractivity contribution is 0.108. The van der Waals surface area contributed by atoms with E-state index < -0.39 is 6.10 Å². The Morgan fingerprint density at radius 3 is 2.90 bits per heavy atom. The standard InChI is InChI=1S/C13H13Cl2IN2O2/c1-17-5-7(19)6-20-13-10(16)4-9(14)8-2-3-11(15)18-12(8)13/h2-4,7,17,19H,5-6H2,1H3. The molecule has 0 aliphatic heterocycles. The zero-order valence-electron chi connectivity index (χ0n) is 10.7. The lowest BCUT2D eigenvalue weighted by atomic mass is 10.2. The minimum Gasteiger partial charge on any atom is -0.487 e. The summed E-state index contributed by atoms with van der Waals surface area (Å²) in [5.74, 6) is 0.586. The highest BCUT2D eigenvalue weighted by Gasteiger charge is 2.14. The van der Waals surface area contributed by atoms with Gasteiger partial charge >= 0.3 is 0 Å². The number of likely N-dealkylation sites (N-methyl/N-ethyl adjacent to an activating group) is 1. The summed E-state index contributed by atoms with van der Waals surface area (Å²) in [4.78, 5) is 4.28. The molecule has 0 aliphatic rings. The number of nitrogens with zero attached hydrogens (tertiary/aromatic N) is 1. The summed E-state index contributed by atoms with van der Waals surface area (Å²) in [6, 6.07) is 5.29. The van der Waals surface area contributed by atoms with E-state index in [0.29, 0.717) is 28.0 Å². The normalized spacial score (nSPS) is 12.7. The molecule has 7 heteroatoms. The van der Waals surface area contributed by atoms with Gasteiger partial charge in [0.15, 0.2) is 5.75 Å². The molecule has 1 unspecified atom stereocenters. The summed E-state index contributed by atoms with van der Waals surface area (Å²) < 4.78 is 6.52. The second-order valence-corrected chi connectivity index (χ2v) is 6.18. The number of aromatic nitrogens is 1. The van der Waals surface area contributed by atoms with E-state index in [1.54, 1.807) is 25.2 Å². The van der Waals surface area contributed by atoms with Crippen LogP contribution in [0.2, 0.25) is 10.2 Å². The van der Waals surface area contributed by atoms with E-state index in [2.05, 4.69) is 32.9 Å². The van der Waals surface area contributed by atoms with Gasteiger partial charge in [-0.15, -0.1) is 0 Å². The summed E-state index contributed by atoms with van der Waals surface area (Å²) >= 11 is 14.3. The molecule has 1 atom stereocenters. The number of rotatable bonds is 5. The lowest BCUT2D eigenvalue weighted by Crippen LogP contribution is -2.29. The first kappa shape index (κ1) is 16.0. The van der Waals surface area contributed by atoms with Gasteiger partial charge in [-0.2, -0.15) is 0 Å². The van der Waals surface area contributed by atoms with E-state index in [9.17, 15) is 5.11 Å². The van der Waals surface area contributed by atoms with Crippen molar-refractivity contribution in [3.05, 3.63) is 31.9 Å². The van der Waals surface area contributed by atoms with Crippen molar-refractivity contribution in [3.8, 4) is 5.75 Å². The van der Waals surface area contributed by atoms with Crippen molar-refractivity contribution >= 4 is 56.7 Å². The van der Waals surface area contributed by atoms with Gasteiger partial charge in [0.05, 0.1) is 8.59 Å². The highest BCUT2D eigenvalue weighted by Crippen LogP contribution is 2.35. The Morgan fingerprint density at radius 2 is 2.20 bits per heavy atom. The highest BCUT2D eigenvalue weighted by atomic mass is 127. The summed E-state index contributed by atoms with van der Waals surface area (Å²) in [5.41, 5.74) is 0.603. The number of fused-ring (bicyclic) bond motifs is 1. The number of hydrogen-bond acceptors (Lipinski definition) is 4. The van der Waals surface area contributed by atoms with Crippen molar-refractivity contribution in [3.63, 3.8) is 0 Å². The Labute approximate surface area is 140 Å². The van der Waals surface area contributed by atoms with Gasteiger partial charge in [0.25, 0.3) is 0 Å².